The highest BCUT2D eigenvalue weighted by molar-refractivity contribution is 5.94. The number of benzene rings is 2. The molecule has 4 nitrogen and oxygen atoms in total. The van der Waals surface area contributed by atoms with Crippen LogP contribution >= 0.6 is 0 Å². The third-order valence-corrected chi connectivity index (χ3v) is 5.96. The van der Waals surface area contributed by atoms with Gasteiger partial charge in [0.1, 0.15) is 0 Å². The summed E-state index contributed by atoms with van der Waals surface area (Å²) in [6.45, 7) is 13.0. The summed E-state index contributed by atoms with van der Waals surface area (Å²) >= 11 is 0. The molecule has 0 saturated carbocycles. The molecule has 1 aliphatic heterocycles. The van der Waals surface area contributed by atoms with E-state index in [1.807, 2.05) is 29.2 Å². The maximum atomic E-state index is 12.7. The number of carbonyl (C=O) groups excluding carboxylic acids is 2. The molecule has 0 spiro atoms. The van der Waals surface area contributed by atoms with Crippen LogP contribution in [0.25, 0.3) is 0 Å². The second-order valence-electron chi connectivity index (χ2n) is 9.46. The Kier molecular flexibility index (Phi) is 6.64. The van der Waals surface area contributed by atoms with Crippen LogP contribution in [0.3, 0.4) is 0 Å². The summed E-state index contributed by atoms with van der Waals surface area (Å²) in [7, 11) is 0. The van der Waals surface area contributed by atoms with Gasteiger partial charge in [0.2, 0.25) is 5.91 Å². The van der Waals surface area contributed by atoms with Gasteiger partial charge in [0.25, 0.3) is 5.91 Å². The lowest BCUT2D eigenvalue weighted by molar-refractivity contribution is -0.128. The van der Waals surface area contributed by atoms with E-state index in [4.69, 9.17) is 0 Å². The molecule has 0 bridgehead atoms. The van der Waals surface area contributed by atoms with Crippen molar-refractivity contribution in [1.82, 2.24) is 10.2 Å². The molecule has 30 heavy (non-hydrogen) atoms. The predicted octanol–water partition coefficient (Wildman–Crippen LogP) is 4.70. The van der Waals surface area contributed by atoms with Crippen LogP contribution in [-0.2, 0) is 23.2 Å². The fourth-order valence-corrected chi connectivity index (χ4v) is 4.13. The molecule has 1 heterocycles. The first-order valence-electron chi connectivity index (χ1n) is 10.9. The molecule has 0 radical (unpaired) electrons. The third kappa shape index (κ3) is 5.29. The van der Waals surface area contributed by atoms with Gasteiger partial charge in [0.15, 0.2) is 0 Å². The number of rotatable bonds is 6. The van der Waals surface area contributed by atoms with Gasteiger partial charge in [-0.05, 0) is 72.1 Å². The number of nitrogens with one attached hydrogen (secondary N) is 1. The maximum Gasteiger partial charge on any atom is 0.251 e. The molecule has 1 N–H and O–H groups in total. The second-order valence-corrected chi connectivity index (χ2v) is 9.46. The molecule has 0 aliphatic carbocycles. The zero-order chi connectivity index (χ0) is 21.9. The van der Waals surface area contributed by atoms with Gasteiger partial charge in [0, 0.05) is 31.6 Å². The quantitative estimate of drug-likeness (QED) is 0.756. The molecule has 2 amide bonds. The lowest BCUT2D eigenvalue weighted by atomic mass is 9.83. The van der Waals surface area contributed by atoms with E-state index in [0.29, 0.717) is 25.1 Å². The number of carbonyl (C=O) groups is 2. The zero-order valence-electron chi connectivity index (χ0n) is 19.0. The summed E-state index contributed by atoms with van der Waals surface area (Å²) < 4.78 is 0. The van der Waals surface area contributed by atoms with Crippen LogP contribution in [-0.4, -0.2) is 29.8 Å². The fourth-order valence-electron chi connectivity index (χ4n) is 4.13. The first-order valence-corrected chi connectivity index (χ1v) is 10.9. The average molecular weight is 407 g/mol. The Balaban J connectivity index is 1.60. The summed E-state index contributed by atoms with van der Waals surface area (Å²) in [5.41, 5.74) is 7.01. The van der Waals surface area contributed by atoms with Crippen LogP contribution in [0, 0.1) is 13.8 Å². The first-order chi connectivity index (χ1) is 14.1. The molecule has 160 valence electrons. The van der Waals surface area contributed by atoms with Crippen molar-refractivity contribution < 1.29 is 9.59 Å². The maximum absolute atomic E-state index is 12.7. The van der Waals surface area contributed by atoms with Crippen molar-refractivity contribution in [3.05, 3.63) is 69.8 Å². The summed E-state index contributed by atoms with van der Waals surface area (Å²) in [5.74, 6) is 0.138. The van der Waals surface area contributed by atoms with Crippen molar-refractivity contribution in [1.29, 1.82) is 0 Å². The molecule has 2 aromatic rings. The number of nitrogens with zero attached hydrogens (tertiary/aromatic N) is 1. The number of hydrogen-bond acceptors (Lipinski definition) is 2. The number of likely N-dealkylation sites (tertiary alicyclic amines) is 1. The Morgan fingerprint density at radius 3 is 2.40 bits per heavy atom. The van der Waals surface area contributed by atoms with E-state index in [1.54, 1.807) is 0 Å². The van der Waals surface area contributed by atoms with Crippen molar-refractivity contribution in [3.63, 3.8) is 0 Å². The van der Waals surface area contributed by atoms with Gasteiger partial charge >= 0.3 is 0 Å². The number of aryl methyl sites for hydroxylation is 2. The average Bonchev–Trinajstić information content (AvgIpc) is 3.07. The minimum atomic E-state index is -0.0637. The molecule has 0 atom stereocenters. The van der Waals surface area contributed by atoms with Crippen molar-refractivity contribution in [2.75, 3.05) is 13.1 Å². The first kappa shape index (κ1) is 22.1. The minimum Gasteiger partial charge on any atom is -0.352 e. The van der Waals surface area contributed by atoms with E-state index >= 15 is 0 Å². The molecule has 0 aromatic heterocycles. The van der Waals surface area contributed by atoms with Crippen LogP contribution in [0.4, 0.5) is 0 Å². The Morgan fingerprint density at radius 1 is 1.10 bits per heavy atom. The van der Waals surface area contributed by atoms with Gasteiger partial charge in [-0.25, -0.2) is 0 Å². The molecule has 2 aromatic carbocycles. The normalized spacial score (nSPS) is 14.3. The molecule has 4 heteroatoms. The van der Waals surface area contributed by atoms with E-state index in [0.717, 1.165) is 24.9 Å². The van der Waals surface area contributed by atoms with Gasteiger partial charge in [-0.1, -0.05) is 45.0 Å². The van der Waals surface area contributed by atoms with Crippen molar-refractivity contribution >= 4 is 11.8 Å². The lowest BCUT2D eigenvalue weighted by Gasteiger charge is -2.22. The summed E-state index contributed by atoms with van der Waals surface area (Å²) in [6.07, 6.45) is 2.38. The second kappa shape index (κ2) is 9.03. The molecule has 1 saturated heterocycles. The topological polar surface area (TPSA) is 49.4 Å². The Bertz CT molecular complexity index is 917. The van der Waals surface area contributed by atoms with E-state index in [2.05, 4.69) is 52.1 Å². The number of amides is 2. The monoisotopic (exact) mass is 406 g/mol. The molecular weight excluding hydrogens is 372 g/mol. The van der Waals surface area contributed by atoms with E-state index in [9.17, 15) is 9.59 Å². The molecule has 1 aliphatic rings. The highest BCUT2D eigenvalue weighted by atomic mass is 16.2. The van der Waals surface area contributed by atoms with Gasteiger partial charge in [-0.15, -0.1) is 0 Å². The summed E-state index contributed by atoms with van der Waals surface area (Å²) in [4.78, 5) is 26.4. The SMILES string of the molecule is Cc1cc(C(C)(C)C)cc(C)c1CCNC(=O)c1cccc(CN2CCCC2=O)c1. The van der Waals surface area contributed by atoms with Gasteiger partial charge in [-0.2, -0.15) is 0 Å². The minimum absolute atomic E-state index is 0.0637. The largest absolute Gasteiger partial charge is 0.352 e. The van der Waals surface area contributed by atoms with E-state index in [1.165, 1.54) is 22.3 Å². The standard InChI is InChI=1S/C26H34N2O2/c1-18-14-22(26(3,4)5)15-19(2)23(18)11-12-27-25(30)21-9-6-8-20(16-21)17-28-13-7-10-24(28)29/h6,8-9,14-16H,7,10-13,17H2,1-5H3,(H,27,30). The van der Waals surface area contributed by atoms with Crippen LogP contribution < -0.4 is 5.32 Å². The van der Waals surface area contributed by atoms with Crippen LogP contribution in [0.15, 0.2) is 36.4 Å². The van der Waals surface area contributed by atoms with Crippen LogP contribution in [0.2, 0.25) is 0 Å². The predicted molar refractivity (Wildman–Crippen MR) is 122 cm³/mol. The third-order valence-electron chi connectivity index (χ3n) is 5.96. The van der Waals surface area contributed by atoms with Gasteiger partial charge < -0.3 is 10.2 Å². The Hall–Kier alpha value is -2.62. The highest BCUT2D eigenvalue weighted by Crippen LogP contribution is 2.27. The summed E-state index contributed by atoms with van der Waals surface area (Å²) in [5, 5.41) is 3.06. The summed E-state index contributed by atoms with van der Waals surface area (Å²) in [6, 6.07) is 12.1. The number of hydrogen-bond donors (Lipinski definition) is 1. The van der Waals surface area contributed by atoms with Crippen LogP contribution in [0.5, 0.6) is 0 Å². The molecule has 3 rings (SSSR count). The van der Waals surface area contributed by atoms with Crippen molar-refractivity contribution in [2.45, 2.75) is 65.8 Å². The van der Waals surface area contributed by atoms with Crippen molar-refractivity contribution in [3.8, 4) is 0 Å². The lowest BCUT2D eigenvalue weighted by Crippen LogP contribution is -2.27. The highest BCUT2D eigenvalue weighted by Gasteiger charge is 2.20. The molecular formula is C26H34N2O2. The van der Waals surface area contributed by atoms with Gasteiger partial charge in [0.05, 0.1) is 0 Å². The smallest absolute Gasteiger partial charge is 0.251 e. The fraction of sp³-hybridized carbons (Fsp3) is 0.462. The Labute approximate surface area is 180 Å². The van der Waals surface area contributed by atoms with Crippen LogP contribution in [0.1, 0.15) is 71.8 Å². The van der Waals surface area contributed by atoms with E-state index < -0.39 is 0 Å². The van der Waals surface area contributed by atoms with E-state index in [-0.39, 0.29) is 17.2 Å². The zero-order valence-corrected chi connectivity index (χ0v) is 19.0. The molecule has 1 fully saturated rings. The van der Waals surface area contributed by atoms with Crippen molar-refractivity contribution in [2.24, 2.45) is 0 Å². The molecule has 0 unspecified atom stereocenters. The van der Waals surface area contributed by atoms with Gasteiger partial charge in [-0.3, -0.25) is 9.59 Å². The Morgan fingerprint density at radius 2 is 1.80 bits per heavy atom.